The molecule has 0 saturated heterocycles. The standard InChI is InChI=1S/C11H13N2O2.3C4H9.Sn/c1-12(2)13-7-3-4-8-9(14)5-6-10(15)11(8)13;3*1-3-4-2;/h3-8,11H,1-2H3;3*1,3-4H2,2H3;/t8-,11-;;;;/m0..../s1. The van der Waals surface area contributed by atoms with Gasteiger partial charge in [-0.05, 0) is 0 Å². The van der Waals surface area contributed by atoms with E-state index < -0.39 is 18.4 Å². The summed E-state index contributed by atoms with van der Waals surface area (Å²) in [6.07, 6.45) is 15.0. The van der Waals surface area contributed by atoms with Crippen LogP contribution in [-0.2, 0) is 9.59 Å². The van der Waals surface area contributed by atoms with Gasteiger partial charge >= 0.3 is 177 Å². The van der Waals surface area contributed by atoms with Gasteiger partial charge in [0.05, 0.1) is 0 Å². The quantitative estimate of drug-likeness (QED) is 0.370. The molecule has 0 saturated carbocycles. The summed E-state index contributed by atoms with van der Waals surface area (Å²) in [5.41, 5.74) is 0. The summed E-state index contributed by atoms with van der Waals surface area (Å²) in [4.78, 5) is 26.0. The number of hydrazine groups is 1. The van der Waals surface area contributed by atoms with E-state index >= 15 is 0 Å². The molecule has 1 aliphatic carbocycles. The molecular formula is C23H40N2O2Sn. The molecule has 0 spiro atoms. The van der Waals surface area contributed by atoms with Crippen LogP contribution >= 0.6 is 0 Å². The van der Waals surface area contributed by atoms with E-state index in [0.29, 0.717) is 3.93 Å². The maximum atomic E-state index is 13.1. The summed E-state index contributed by atoms with van der Waals surface area (Å²) >= 11 is -2.69. The van der Waals surface area contributed by atoms with Crippen molar-refractivity contribution in [3.63, 3.8) is 0 Å². The van der Waals surface area contributed by atoms with Crippen LogP contribution in [-0.4, -0.2) is 60.1 Å². The number of fused-ring (bicyclic) bond motifs is 1. The van der Waals surface area contributed by atoms with Crippen LogP contribution in [0.25, 0.3) is 0 Å². The van der Waals surface area contributed by atoms with Crippen LogP contribution in [0.5, 0.6) is 0 Å². The minimum atomic E-state index is -2.69. The Morgan fingerprint density at radius 1 is 0.893 bits per heavy atom. The van der Waals surface area contributed by atoms with E-state index in [-0.39, 0.29) is 23.5 Å². The fraction of sp³-hybridized carbons (Fsp3) is 0.739. The van der Waals surface area contributed by atoms with Gasteiger partial charge < -0.3 is 0 Å². The maximum absolute atomic E-state index is 13.1. The molecule has 0 N–H and O–H groups in total. The number of unbranched alkanes of at least 4 members (excludes halogenated alkanes) is 3. The molecule has 0 bridgehead atoms. The Morgan fingerprint density at radius 3 is 1.86 bits per heavy atom. The number of hydrogen-bond acceptors (Lipinski definition) is 4. The van der Waals surface area contributed by atoms with Crippen molar-refractivity contribution in [1.29, 1.82) is 0 Å². The number of nitrogens with zero attached hydrogens (tertiary/aromatic N) is 2. The molecule has 158 valence electrons. The summed E-state index contributed by atoms with van der Waals surface area (Å²) in [6.45, 7) is 6.84. The third-order valence-electron chi connectivity index (χ3n) is 6.74. The number of carbonyl (C=O) groups excluding carboxylic acids is 2. The monoisotopic (exact) mass is 496 g/mol. The summed E-state index contributed by atoms with van der Waals surface area (Å²) in [5.74, 6) is 0.0944. The van der Waals surface area contributed by atoms with E-state index in [0.717, 1.165) is 0 Å². The van der Waals surface area contributed by atoms with Gasteiger partial charge in [0.2, 0.25) is 0 Å². The summed E-state index contributed by atoms with van der Waals surface area (Å²) in [5, 5.41) is 3.94. The van der Waals surface area contributed by atoms with Crippen LogP contribution in [0.3, 0.4) is 0 Å². The van der Waals surface area contributed by atoms with Gasteiger partial charge in [0.15, 0.2) is 0 Å². The first-order chi connectivity index (χ1) is 13.4. The van der Waals surface area contributed by atoms with E-state index in [1.54, 1.807) is 6.08 Å². The third-order valence-corrected chi connectivity index (χ3v) is 23.9. The van der Waals surface area contributed by atoms with Crippen molar-refractivity contribution in [3.05, 3.63) is 24.4 Å². The Bertz CT molecular complexity index is 578. The van der Waals surface area contributed by atoms with Gasteiger partial charge in [-0.3, -0.25) is 0 Å². The number of carbonyl (C=O) groups is 2. The molecule has 0 radical (unpaired) electrons. The Labute approximate surface area is 176 Å². The van der Waals surface area contributed by atoms with Gasteiger partial charge in [0.25, 0.3) is 0 Å². The van der Waals surface area contributed by atoms with Crippen molar-refractivity contribution in [1.82, 2.24) is 10.0 Å². The number of ketones is 2. The predicted molar refractivity (Wildman–Crippen MR) is 120 cm³/mol. The van der Waals surface area contributed by atoms with E-state index in [2.05, 4.69) is 33.0 Å². The Morgan fingerprint density at radius 2 is 1.39 bits per heavy atom. The molecule has 0 aromatic carbocycles. The zero-order valence-electron chi connectivity index (χ0n) is 18.6. The molecule has 0 amide bonds. The average Bonchev–Trinajstić information content (AvgIpc) is 2.69. The van der Waals surface area contributed by atoms with Gasteiger partial charge in [-0.1, -0.05) is 0 Å². The van der Waals surface area contributed by atoms with Crippen LogP contribution < -0.4 is 0 Å². The molecule has 0 aromatic rings. The fourth-order valence-electron chi connectivity index (χ4n) is 5.20. The van der Waals surface area contributed by atoms with Crippen molar-refractivity contribution in [2.45, 2.75) is 82.6 Å². The molecular weight excluding hydrogens is 455 g/mol. The zero-order valence-corrected chi connectivity index (χ0v) is 21.5. The molecule has 2 rings (SSSR count). The van der Waals surface area contributed by atoms with Gasteiger partial charge in [-0.15, -0.1) is 0 Å². The fourth-order valence-corrected chi connectivity index (χ4v) is 23.8. The van der Waals surface area contributed by atoms with Crippen LogP contribution in [0, 0.1) is 5.92 Å². The summed E-state index contributed by atoms with van der Waals surface area (Å²) < 4.78 is 4.42. The molecule has 2 aliphatic rings. The molecule has 1 heterocycles. The SMILES string of the molecule is CCC[CH2][Sn]([CH2]CCC)([CH2]CCC)[C@@H]1C=CN(N(C)C)[C@@H]2C(=O)C=CC(=O)[C@@H]21. The molecule has 5 heteroatoms. The molecule has 1 aliphatic heterocycles. The summed E-state index contributed by atoms with van der Waals surface area (Å²) in [6, 6.07) is -0.344. The number of allylic oxidation sites excluding steroid dienone is 2. The van der Waals surface area contributed by atoms with E-state index in [1.807, 2.05) is 24.1 Å². The predicted octanol–water partition coefficient (Wildman–Crippen LogP) is 5.20. The minimum absolute atomic E-state index is 0.0920. The van der Waals surface area contributed by atoms with Crippen LogP contribution in [0.4, 0.5) is 0 Å². The zero-order chi connectivity index (χ0) is 20.7. The molecule has 0 fully saturated rings. The second-order valence-electron chi connectivity index (χ2n) is 8.88. The van der Waals surface area contributed by atoms with Crippen molar-refractivity contribution < 1.29 is 9.59 Å². The second-order valence-corrected chi connectivity index (χ2v) is 22.8. The van der Waals surface area contributed by atoms with Crippen LogP contribution in [0.2, 0.25) is 17.2 Å². The second kappa shape index (κ2) is 11.0. The molecule has 4 nitrogen and oxygen atoms in total. The molecule has 28 heavy (non-hydrogen) atoms. The average molecular weight is 495 g/mol. The van der Waals surface area contributed by atoms with Gasteiger partial charge in [0, 0.05) is 0 Å². The van der Waals surface area contributed by atoms with E-state index in [9.17, 15) is 9.59 Å². The van der Waals surface area contributed by atoms with Gasteiger partial charge in [-0.2, -0.15) is 0 Å². The first-order valence-electron chi connectivity index (χ1n) is 11.3. The topological polar surface area (TPSA) is 40.6 Å². The Hall–Kier alpha value is -0.621. The number of hydrogen-bond donors (Lipinski definition) is 0. The number of rotatable bonds is 11. The van der Waals surface area contributed by atoms with Gasteiger partial charge in [0.1, 0.15) is 0 Å². The van der Waals surface area contributed by atoms with Gasteiger partial charge in [-0.25, -0.2) is 0 Å². The first-order valence-corrected chi connectivity index (χ1v) is 19.0. The molecule has 0 aromatic heterocycles. The Kier molecular flexibility index (Phi) is 9.26. The van der Waals surface area contributed by atoms with E-state index in [1.165, 1.54) is 57.9 Å². The van der Waals surface area contributed by atoms with Crippen LogP contribution in [0.15, 0.2) is 24.4 Å². The van der Waals surface area contributed by atoms with Crippen molar-refractivity contribution in [3.8, 4) is 0 Å². The summed E-state index contributed by atoms with van der Waals surface area (Å²) in [7, 11) is 3.92. The van der Waals surface area contributed by atoms with Crippen LogP contribution in [0.1, 0.15) is 59.3 Å². The molecule has 0 unspecified atom stereocenters. The van der Waals surface area contributed by atoms with Crippen molar-refractivity contribution >= 4 is 29.9 Å². The normalized spacial score (nSPS) is 24.9. The third kappa shape index (κ3) is 5.10. The first kappa shape index (κ1) is 23.7. The molecule has 3 atom stereocenters. The van der Waals surface area contributed by atoms with Crippen molar-refractivity contribution in [2.75, 3.05) is 14.1 Å². The van der Waals surface area contributed by atoms with Crippen molar-refractivity contribution in [2.24, 2.45) is 5.92 Å². The Balaban J connectivity index is 2.52. The van der Waals surface area contributed by atoms with E-state index in [4.69, 9.17) is 0 Å².